The molecule has 126 valence electrons. The second-order valence-electron chi connectivity index (χ2n) is 6.61. The van der Waals surface area contributed by atoms with E-state index < -0.39 is 0 Å². The fraction of sp³-hybridized carbons (Fsp3) is 0.800. The van der Waals surface area contributed by atoms with E-state index in [0.29, 0.717) is 25.5 Å². The molecule has 0 spiro atoms. The Morgan fingerprint density at radius 2 is 2.09 bits per heavy atom. The normalized spacial score (nSPS) is 28.4. The van der Waals surface area contributed by atoms with E-state index in [1.165, 1.54) is 19.3 Å². The summed E-state index contributed by atoms with van der Waals surface area (Å²) < 4.78 is 7.79. The number of hydrogen-bond donors (Lipinski definition) is 1. The average molecular weight is 321 g/mol. The van der Waals surface area contributed by atoms with Crippen LogP contribution in [-0.4, -0.2) is 57.9 Å². The number of nitrogens with zero attached hydrogens (tertiary/aromatic N) is 4. The first-order valence-corrected chi connectivity index (χ1v) is 8.52. The summed E-state index contributed by atoms with van der Waals surface area (Å²) in [5, 5.41) is 10.7. The van der Waals surface area contributed by atoms with Gasteiger partial charge in [-0.3, -0.25) is 9.47 Å². The molecule has 0 aromatic carbocycles. The zero-order valence-electron chi connectivity index (χ0n) is 13.2. The van der Waals surface area contributed by atoms with Crippen molar-refractivity contribution >= 4 is 5.90 Å². The van der Waals surface area contributed by atoms with E-state index >= 15 is 0 Å². The zero-order valence-corrected chi connectivity index (χ0v) is 13.2. The minimum absolute atomic E-state index is 0.0453. The molecule has 0 bridgehead atoms. The van der Waals surface area contributed by atoms with Gasteiger partial charge in [-0.25, -0.2) is 9.89 Å². The first-order valence-electron chi connectivity index (χ1n) is 8.52. The molecular formula is C15H23N5O3. The summed E-state index contributed by atoms with van der Waals surface area (Å²) in [6, 6.07) is 0. The molecule has 1 aromatic heterocycles. The Bertz CT molecular complexity index is 631. The van der Waals surface area contributed by atoms with Gasteiger partial charge in [-0.2, -0.15) is 5.10 Å². The van der Waals surface area contributed by atoms with E-state index in [0.717, 1.165) is 31.9 Å². The smallest absolute Gasteiger partial charge is 0.343 e. The van der Waals surface area contributed by atoms with Gasteiger partial charge in [-0.1, -0.05) is 11.6 Å². The predicted molar refractivity (Wildman–Crippen MR) is 83.2 cm³/mol. The lowest BCUT2D eigenvalue weighted by Crippen LogP contribution is -2.43. The van der Waals surface area contributed by atoms with E-state index in [1.54, 1.807) is 4.57 Å². The van der Waals surface area contributed by atoms with Gasteiger partial charge in [0.2, 0.25) is 5.90 Å². The molecule has 0 saturated carbocycles. The number of piperidine rings is 1. The van der Waals surface area contributed by atoms with Crippen LogP contribution in [-0.2, 0) is 22.5 Å². The maximum Gasteiger partial charge on any atom is 0.343 e. The molecule has 1 fully saturated rings. The molecule has 0 aliphatic carbocycles. The van der Waals surface area contributed by atoms with Crippen LogP contribution in [0.5, 0.6) is 0 Å². The summed E-state index contributed by atoms with van der Waals surface area (Å²) in [7, 11) is 0. The van der Waals surface area contributed by atoms with Crippen molar-refractivity contribution < 1.29 is 9.57 Å². The van der Waals surface area contributed by atoms with Crippen LogP contribution >= 0.6 is 0 Å². The zero-order chi connectivity index (χ0) is 15.6. The second kappa shape index (κ2) is 6.35. The summed E-state index contributed by atoms with van der Waals surface area (Å²) in [6.07, 6.45) is 5.41. The molecule has 0 radical (unpaired) electrons. The topological polar surface area (TPSA) is 84.7 Å². The maximum absolute atomic E-state index is 11.6. The number of nitrogens with one attached hydrogen (secondary N) is 1. The molecule has 4 rings (SSSR count). The second-order valence-corrected chi connectivity index (χ2v) is 6.61. The van der Waals surface area contributed by atoms with Crippen LogP contribution < -0.4 is 5.69 Å². The van der Waals surface area contributed by atoms with Crippen LogP contribution in [0.3, 0.4) is 0 Å². The van der Waals surface area contributed by atoms with Gasteiger partial charge in [0.25, 0.3) is 0 Å². The monoisotopic (exact) mass is 321 g/mol. The number of rotatable bonds is 3. The Kier molecular flexibility index (Phi) is 4.07. The Labute approximate surface area is 134 Å². The Morgan fingerprint density at radius 3 is 2.96 bits per heavy atom. The van der Waals surface area contributed by atoms with Crippen molar-refractivity contribution in [3.05, 3.63) is 16.3 Å². The molecule has 8 nitrogen and oxygen atoms in total. The fourth-order valence-electron chi connectivity index (χ4n) is 3.66. The highest BCUT2D eigenvalue weighted by Crippen LogP contribution is 2.22. The molecule has 2 atom stereocenters. The van der Waals surface area contributed by atoms with Gasteiger partial charge < -0.3 is 9.57 Å². The number of oxime groups is 1. The highest BCUT2D eigenvalue weighted by Gasteiger charge is 2.32. The molecular weight excluding hydrogens is 298 g/mol. The van der Waals surface area contributed by atoms with Crippen molar-refractivity contribution in [2.24, 2.45) is 11.1 Å². The Hall–Kier alpha value is -1.83. The van der Waals surface area contributed by atoms with E-state index in [1.807, 2.05) is 0 Å². The summed E-state index contributed by atoms with van der Waals surface area (Å²) in [4.78, 5) is 19.4. The van der Waals surface area contributed by atoms with Gasteiger partial charge in [-0.15, -0.1) is 0 Å². The van der Waals surface area contributed by atoms with E-state index in [9.17, 15) is 4.79 Å². The largest absolute Gasteiger partial charge is 0.470 e. The summed E-state index contributed by atoms with van der Waals surface area (Å²) in [5.41, 5.74) is -0.135. The van der Waals surface area contributed by atoms with Gasteiger partial charge in [0.15, 0.2) is 6.61 Å². The lowest BCUT2D eigenvalue weighted by atomic mass is 9.97. The van der Waals surface area contributed by atoms with Crippen LogP contribution in [0.25, 0.3) is 0 Å². The number of aromatic nitrogens is 3. The van der Waals surface area contributed by atoms with Gasteiger partial charge in [0, 0.05) is 25.4 Å². The number of likely N-dealkylation sites (tertiary alicyclic amines) is 1. The SMILES string of the molecule is O=c1[nH]nc2n1CCC(C1=NOCC(CN3CCCCC3)O1)C2. The molecule has 1 aromatic rings. The Morgan fingerprint density at radius 1 is 1.22 bits per heavy atom. The molecule has 8 heteroatoms. The van der Waals surface area contributed by atoms with Crippen molar-refractivity contribution in [2.75, 3.05) is 26.2 Å². The molecule has 3 aliphatic rings. The summed E-state index contributed by atoms with van der Waals surface area (Å²) in [6.45, 7) is 4.36. The van der Waals surface area contributed by atoms with E-state index in [4.69, 9.17) is 9.57 Å². The van der Waals surface area contributed by atoms with Crippen molar-refractivity contribution in [3.8, 4) is 0 Å². The van der Waals surface area contributed by atoms with Crippen LogP contribution in [0.2, 0.25) is 0 Å². The molecule has 2 unspecified atom stereocenters. The van der Waals surface area contributed by atoms with Crippen LogP contribution in [0.4, 0.5) is 0 Å². The first-order chi connectivity index (χ1) is 11.3. The molecule has 0 amide bonds. The first kappa shape index (κ1) is 14.7. The average Bonchev–Trinajstić information content (AvgIpc) is 2.97. The summed E-state index contributed by atoms with van der Waals surface area (Å²) in [5.74, 6) is 1.58. The summed E-state index contributed by atoms with van der Waals surface area (Å²) >= 11 is 0. The quantitative estimate of drug-likeness (QED) is 0.868. The molecule has 23 heavy (non-hydrogen) atoms. The molecule has 4 heterocycles. The van der Waals surface area contributed by atoms with Crippen molar-refractivity contribution in [1.29, 1.82) is 0 Å². The minimum atomic E-state index is -0.135. The maximum atomic E-state index is 11.6. The lowest BCUT2D eigenvalue weighted by Gasteiger charge is -2.33. The highest BCUT2D eigenvalue weighted by atomic mass is 16.7. The van der Waals surface area contributed by atoms with Crippen LogP contribution in [0.1, 0.15) is 31.5 Å². The molecule has 3 aliphatic heterocycles. The number of fused-ring (bicyclic) bond motifs is 1. The third-order valence-corrected chi connectivity index (χ3v) is 4.93. The third kappa shape index (κ3) is 3.12. The van der Waals surface area contributed by atoms with Gasteiger partial charge in [-0.05, 0) is 32.4 Å². The highest BCUT2D eigenvalue weighted by molar-refractivity contribution is 5.79. The van der Waals surface area contributed by atoms with E-state index in [2.05, 4.69) is 20.3 Å². The van der Waals surface area contributed by atoms with Gasteiger partial charge in [0.05, 0.1) is 0 Å². The molecule has 1 saturated heterocycles. The van der Waals surface area contributed by atoms with E-state index in [-0.39, 0.29) is 17.7 Å². The number of aromatic amines is 1. The van der Waals surface area contributed by atoms with Crippen molar-refractivity contribution in [3.63, 3.8) is 0 Å². The van der Waals surface area contributed by atoms with Crippen molar-refractivity contribution in [2.45, 2.75) is 44.8 Å². The standard InChI is InChI=1S/C15H23N5O3/c21-15-17-16-13-8-11(4-7-20(13)15)14-18-22-10-12(23-14)9-19-5-2-1-3-6-19/h11-12H,1-10H2,(H,17,21). The number of ether oxygens (including phenoxy) is 1. The molecule has 1 N–H and O–H groups in total. The lowest BCUT2D eigenvalue weighted by molar-refractivity contribution is -0.0161. The minimum Gasteiger partial charge on any atom is -0.470 e. The van der Waals surface area contributed by atoms with Crippen LogP contribution in [0.15, 0.2) is 9.95 Å². The number of H-pyrrole nitrogens is 1. The predicted octanol–water partition coefficient (Wildman–Crippen LogP) is 0.349. The van der Waals surface area contributed by atoms with Crippen molar-refractivity contribution in [1.82, 2.24) is 19.7 Å². The number of hydrogen-bond acceptors (Lipinski definition) is 6. The van der Waals surface area contributed by atoms with Crippen LogP contribution in [0, 0.1) is 5.92 Å². The van der Waals surface area contributed by atoms with Gasteiger partial charge >= 0.3 is 5.69 Å². The van der Waals surface area contributed by atoms with Gasteiger partial charge in [0.1, 0.15) is 11.9 Å². The fourth-order valence-corrected chi connectivity index (χ4v) is 3.66. The third-order valence-electron chi connectivity index (χ3n) is 4.93. The Balaban J connectivity index is 1.38.